The second-order valence-electron chi connectivity index (χ2n) is 4.83. The summed E-state index contributed by atoms with van der Waals surface area (Å²) in [4.78, 5) is 2.29. The lowest BCUT2D eigenvalue weighted by molar-refractivity contribution is 0.474. The fraction of sp³-hybridized carbons (Fsp3) is 0.133. The van der Waals surface area contributed by atoms with Gasteiger partial charge in [-0.3, -0.25) is 0 Å². The molecule has 2 aromatic rings. The van der Waals surface area contributed by atoms with Crippen molar-refractivity contribution in [3.8, 4) is 5.75 Å². The maximum absolute atomic E-state index is 12.2. The maximum atomic E-state index is 12.2. The molecule has 0 heterocycles. The highest BCUT2D eigenvalue weighted by atomic mass is 35.5. The van der Waals surface area contributed by atoms with E-state index in [1.54, 1.807) is 19.1 Å². The van der Waals surface area contributed by atoms with Gasteiger partial charge in [0.1, 0.15) is 5.75 Å². The van der Waals surface area contributed by atoms with Crippen LogP contribution in [0.4, 0.5) is 0 Å². The average molecular weight is 339 g/mol. The summed E-state index contributed by atoms with van der Waals surface area (Å²) in [7, 11) is -3.77. The summed E-state index contributed by atoms with van der Waals surface area (Å²) in [6, 6.07) is 9.55. The number of sulfonamides is 1. The third-order valence-electron chi connectivity index (χ3n) is 3.00. The van der Waals surface area contributed by atoms with Crippen LogP contribution in [0.1, 0.15) is 16.7 Å². The minimum Gasteiger partial charge on any atom is -0.507 e. The number of hydrogen-bond acceptors (Lipinski definition) is 4. The highest BCUT2D eigenvalue weighted by molar-refractivity contribution is 7.89. The lowest BCUT2D eigenvalue weighted by Gasteiger charge is -2.07. The zero-order valence-corrected chi connectivity index (χ0v) is 13.6. The first-order valence-electron chi connectivity index (χ1n) is 6.40. The predicted octanol–water partition coefficient (Wildman–Crippen LogP) is 2.97. The first kappa shape index (κ1) is 16.3. The fourth-order valence-electron chi connectivity index (χ4n) is 1.84. The summed E-state index contributed by atoms with van der Waals surface area (Å²) in [5.41, 5.74) is 1.78. The van der Waals surface area contributed by atoms with Crippen molar-refractivity contribution in [1.29, 1.82) is 0 Å². The lowest BCUT2D eigenvalue weighted by Crippen LogP contribution is -2.19. The second-order valence-corrected chi connectivity index (χ2v) is 6.89. The van der Waals surface area contributed by atoms with E-state index < -0.39 is 10.0 Å². The molecule has 2 aromatic carbocycles. The molecule has 7 heteroatoms. The van der Waals surface area contributed by atoms with Crippen molar-refractivity contribution in [2.24, 2.45) is 5.10 Å². The van der Waals surface area contributed by atoms with Gasteiger partial charge >= 0.3 is 0 Å². The molecule has 2 rings (SSSR count). The largest absolute Gasteiger partial charge is 0.507 e. The van der Waals surface area contributed by atoms with Crippen molar-refractivity contribution >= 4 is 27.8 Å². The highest BCUT2D eigenvalue weighted by Gasteiger charge is 2.15. The van der Waals surface area contributed by atoms with E-state index in [1.807, 2.05) is 13.0 Å². The minimum atomic E-state index is -3.77. The standard InChI is InChI=1S/C15H15ClN2O3S/c1-10-3-4-11(2)15(7-10)22(20,21)18-17-9-12-8-13(16)5-6-14(12)19/h3-9,18-19H,1-2H3/b17-9+. The molecule has 0 bridgehead atoms. The van der Waals surface area contributed by atoms with Gasteiger partial charge in [0.05, 0.1) is 11.1 Å². The zero-order chi connectivity index (χ0) is 16.3. The van der Waals surface area contributed by atoms with E-state index in [0.717, 1.165) is 5.56 Å². The van der Waals surface area contributed by atoms with Gasteiger partial charge < -0.3 is 5.11 Å². The molecule has 0 aliphatic rings. The first-order valence-corrected chi connectivity index (χ1v) is 8.26. The Morgan fingerprint density at radius 3 is 2.64 bits per heavy atom. The van der Waals surface area contributed by atoms with Gasteiger partial charge in [-0.2, -0.15) is 13.5 Å². The Morgan fingerprint density at radius 2 is 1.91 bits per heavy atom. The molecule has 5 nitrogen and oxygen atoms in total. The number of hydrazone groups is 1. The molecule has 0 fully saturated rings. The SMILES string of the molecule is Cc1ccc(C)c(S(=O)(=O)N/N=C/c2cc(Cl)ccc2O)c1. The van der Waals surface area contributed by atoms with Crippen LogP contribution >= 0.6 is 11.6 Å². The van der Waals surface area contributed by atoms with Crippen LogP contribution in [0.5, 0.6) is 5.75 Å². The first-order chi connectivity index (χ1) is 10.3. The molecule has 0 amide bonds. The van der Waals surface area contributed by atoms with Crippen molar-refractivity contribution in [1.82, 2.24) is 4.83 Å². The Morgan fingerprint density at radius 1 is 1.18 bits per heavy atom. The van der Waals surface area contributed by atoms with Crippen LogP contribution in [0, 0.1) is 13.8 Å². The van der Waals surface area contributed by atoms with Crippen LogP contribution in [0.15, 0.2) is 46.4 Å². The van der Waals surface area contributed by atoms with E-state index in [1.165, 1.54) is 24.4 Å². The van der Waals surface area contributed by atoms with Crippen molar-refractivity contribution in [2.75, 3.05) is 0 Å². The lowest BCUT2D eigenvalue weighted by atomic mass is 10.2. The summed E-state index contributed by atoms with van der Waals surface area (Å²) in [6.07, 6.45) is 1.20. The van der Waals surface area contributed by atoms with Crippen LogP contribution in [0.2, 0.25) is 5.02 Å². The number of nitrogens with zero attached hydrogens (tertiary/aromatic N) is 1. The van der Waals surface area contributed by atoms with Crippen molar-refractivity contribution in [3.05, 3.63) is 58.1 Å². The van der Waals surface area contributed by atoms with Gasteiger partial charge in [-0.25, -0.2) is 4.83 Å². The molecular formula is C15H15ClN2O3S. The molecule has 0 radical (unpaired) electrons. The summed E-state index contributed by atoms with van der Waals surface area (Å²) in [6.45, 7) is 3.52. The number of phenols is 1. The molecule has 0 saturated carbocycles. The monoisotopic (exact) mass is 338 g/mol. The van der Waals surface area contributed by atoms with Crippen molar-refractivity contribution in [3.63, 3.8) is 0 Å². The quantitative estimate of drug-likeness (QED) is 0.664. The number of nitrogens with one attached hydrogen (secondary N) is 1. The van der Waals surface area contributed by atoms with Gasteiger partial charge in [-0.05, 0) is 49.2 Å². The number of aromatic hydroxyl groups is 1. The Bertz CT molecular complexity index is 833. The molecule has 0 unspecified atom stereocenters. The van der Waals surface area contributed by atoms with Crippen LogP contribution < -0.4 is 4.83 Å². The third-order valence-corrected chi connectivity index (χ3v) is 4.60. The van der Waals surface area contributed by atoms with Gasteiger partial charge in [0, 0.05) is 10.6 Å². The summed E-state index contributed by atoms with van der Waals surface area (Å²) in [5.74, 6) is -0.0425. The molecule has 0 spiro atoms. The Labute approximate surface area is 134 Å². The van der Waals surface area contributed by atoms with Gasteiger partial charge in [-0.15, -0.1) is 0 Å². The summed E-state index contributed by atoms with van der Waals surface area (Å²) in [5, 5.41) is 13.7. The fourth-order valence-corrected chi connectivity index (χ4v) is 3.14. The molecular weight excluding hydrogens is 324 g/mol. The molecule has 0 aliphatic carbocycles. The smallest absolute Gasteiger partial charge is 0.276 e. The van der Waals surface area contributed by atoms with Gasteiger partial charge in [0.2, 0.25) is 0 Å². The van der Waals surface area contributed by atoms with E-state index in [0.29, 0.717) is 16.1 Å². The van der Waals surface area contributed by atoms with Gasteiger partial charge in [0.15, 0.2) is 0 Å². The number of hydrogen-bond donors (Lipinski definition) is 2. The summed E-state index contributed by atoms with van der Waals surface area (Å²) >= 11 is 5.81. The maximum Gasteiger partial charge on any atom is 0.276 e. The topological polar surface area (TPSA) is 78.8 Å². The Kier molecular flexibility index (Phi) is 4.73. The molecule has 116 valence electrons. The van der Waals surface area contributed by atoms with E-state index >= 15 is 0 Å². The predicted molar refractivity (Wildman–Crippen MR) is 86.9 cm³/mol. The number of benzene rings is 2. The van der Waals surface area contributed by atoms with Crippen LogP contribution in [-0.4, -0.2) is 19.7 Å². The number of phenolic OH excluding ortho intramolecular Hbond substituents is 1. The van der Waals surface area contributed by atoms with Crippen LogP contribution in [-0.2, 0) is 10.0 Å². The molecule has 2 N–H and O–H groups in total. The molecule has 0 saturated heterocycles. The average Bonchev–Trinajstić information content (AvgIpc) is 2.45. The molecule has 22 heavy (non-hydrogen) atoms. The van der Waals surface area contributed by atoms with E-state index in [-0.39, 0.29) is 10.6 Å². The van der Waals surface area contributed by atoms with E-state index in [2.05, 4.69) is 9.93 Å². The Hall–Kier alpha value is -2.05. The second kappa shape index (κ2) is 6.37. The number of aryl methyl sites for hydroxylation is 2. The number of rotatable bonds is 4. The minimum absolute atomic E-state index is 0.0425. The van der Waals surface area contributed by atoms with Crippen LogP contribution in [0.3, 0.4) is 0 Å². The van der Waals surface area contributed by atoms with Gasteiger partial charge in [-0.1, -0.05) is 23.7 Å². The van der Waals surface area contributed by atoms with E-state index in [9.17, 15) is 13.5 Å². The third kappa shape index (κ3) is 3.78. The zero-order valence-electron chi connectivity index (χ0n) is 12.0. The van der Waals surface area contributed by atoms with Gasteiger partial charge in [0.25, 0.3) is 10.0 Å². The Balaban J connectivity index is 2.24. The molecule has 0 atom stereocenters. The normalized spacial score (nSPS) is 11.8. The summed E-state index contributed by atoms with van der Waals surface area (Å²) < 4.78 is 24.5. The van der Waals surface area contributed by atoms with E-state index in [4.69, 9.17) is 11.6 Å². The van der Waals surface area contributed by atoms with Crippen molar-refractivity contribution in [2.45, 2.75) is 18.7 Å². The van der Waals surface area contributed by atoms with Crippen molar-refractivity contribution < 1.29 is 13.5 Å². The molecule has 0 aromatic heterocycles. The van der Waals surface area contributed by atoms with Crippen LogP contribution in [0.25, 0.3) is 0 Å². The highest BCUT2D eigenvalue weighted by Crippen LogP contribution is 2.20. The number of halogens is 1. The molecule has 0 aliphatic heterocycles.